The zero-order valence-electron chi connectivity index (χ0n) is 18.8. The summed E-state index contributed by atoms with van der Waals surface area (Å²) in [5, 5.41) is 0. The third kappa shape index (κ3) is 3.31. The fourth-order valence-electron chi connectivity index (χ4n) is 4.22. The Morgan fingerprint density at radius 1 is 0.600 bits per heavy atom. The minimum atomic E-state index is -0.601. The van der Waals surface area contributed by atoms with Gasteiger partial charge < -0.3 is 19.4 Å². The summed E-state index contributed by atoms with van der Waals surface area (Å²) in [5.41, 5.74) is 7.73. The molecule has 0 unspecified atom stereocenters. The second-order valence-electron chi connectivity index (χ2n) is 8.59. The van der Waals surface area contributed by atoms with Crippen LogP contribution in [-0.2, 0) is 16.9 Å². The fraction of sp³-hybridized carbons (Fsp3) is 0.308. The van der Waals surface area contributed by atoms with Gasteiger partial charge in [-0.05, 0) is 58.7 Å². The van der Waals surface area contributed by atoms with Gasteiger partial charge in [0.05, 0.1) is 6.61 Å². The van der Waals surface area contributed by atoms with Crippen LogP contribution in [0.15, 0.2) is 66.7 Å². The highest BCUT2D eigenvalue weighted by Crippen LogP contribution is 2.48. The molecule has 4 heteroatoms. The lowest BCUT2D eigenvalue weighted by molar-refractivity contribution is 0.0268. The largest absolute Gasteiger partial charge is 0.378 e. The maximum Gasteiger partial charge on any atom is 0.144 e. The minimum absolute atomic E-state index is 0.599. The molecule has 0 N–H and O–H groups in total. The number of rotatable bonds is 5. The zero-order valence-corrected chi connectivity index (χ0v) is 18.8. The molecule has 0 bridgehead atoms. The maximum absolute atomic E-state index is 6.67. The van der Waals surface area contributed by atoms with Gasteiger partial charge in [-0.2, -0.15) is 0 Å². The molecule has 30 heavy (non-hydrogen) atoms. The van der Waals surface area contributed by atoms with E-state index in [0.29, 0.717) is 6.61 Å². The summed E-state index contributed by atoms with van der Waals surface area (Å²) in [6.45, 7) is 0.599. The molecule has 3 aromatic carbocycles. The van der Waals surface area contributed by atoms with Crippen LogP contribution in [0.3, 0.4) is 0 Å². The Bertz CT molecular complexity index is 970. The zero-order chi connectivity index (χ0) is 21.5. The molecule has 0 saturated heterocycles. The van der Waals surface area contributed by atoms with Crippen molar-refractivity contribution >= 4 is 17.1 Å². The van der Waals surface area contributed by atoms with Crippen molar-refractivity contribution in [3.05, 3.63) is 89.0 Å². The molecule has 0 radical (unpaired) electrons. The van der Waals surface area contributed by atoms with E-state index in [1.54, 1.807) is 0 Å². The summed E-state index contributed by atoms with van der Waals surface area (Å²) in [7, 11) is 12.4. The summed E-state index contributed by atoms with van der Waals surface area (Å²) in [6.07, 6.45) is 0. The van der Waals surface area contributed by atoms with Gasteiger partial charge in [0, 0.05) is 59.3 Å². The Kier molecular flexibility index (Phi) is 5.20. The number of ether oxygens (including phenoxy) is 1. The molecule has 0 amide bonds. The van der Waals surface area contributed by atoms with E-state index < -0.39 is 5.60 Å². The van der Waals surface area contributed by atoms with Gasteiger partial charge >= 0.3 is 0 Å². The molecule has 4 nitrogen and oxygen atoms in total. The standard InChI is InChI=1S/C26H31N3O/c1-27(2)22-11-7-20(8-12-22)26(21-9-13-23(14-10-21)28(3)4)25-16-15-24(29(5)6)17-19(25)18-30-26/h7-17H,18H2,1-6H3. The third-order valence-electron chi connectivity index (χ3n) is 6.01. The molecule has 0 atom stereocenters. The van der Waals surface area contributed by atoms with E-state index in [4.69, 9.17) is 4.74 Å². The fourth-order valence-corrected chi connectivity index (χ4v) is 4.22. The molecule has 1 aliphatic heterocycles. The van der Waals surface area contributed by atoms with Crippen LogP contribution in [0, 0.1) is 0 Å². The van der Waals surface area contributed by atoms with Crippen molar-refractivity contribution in [1.29, 1.82) is 0 Å². The van der Waals surface area contributed by atoms with Gasteiger partial charge in [0.15, 0.2) is 0 Å². The van der Waals surface area contributed by atoms with Gasteiger partial charge in [0.2, 0.25) is 0 Å². The number of nitrogens with zero attached hydrogens (tertiary/aromatic N) is 3. The highest BCUT2D eigenvalue weighted by atomic mass is 16.5. The molecule has 156 valence electrons. The Hall–Kier alpha value is -2.98. The summed E-state index contributed by atoms with van der Waals surface area (Å²) < 4.78 is 6.67. The highest BCUT2D eigenvalue weighted by Gasteiger charge is 2.43. The van der Waals surface area contributed by atoms with Gasteiger partial charge in [0.25, 0.3) is 0 Å². The van der Waals surface area contributed by atoms with E-state index in [1.165, 1.54) is 28.2 Å². The third-order valence-corrected chi connectivity index (χ3v) is 6.01. The average Bonchev–Trinajstić information content (AvgIpc) is 3.13. The number of fused-ring (bicyclic) bond motifs is 1. The number of hydrogen-bond acceptors (Lipinski definition) is 4. The van der Waals surface area contributed by atoms with E-state index in [1.807, 2.05) is 0 Å². The van der Waals surface area contributed by atoms with Crippen molar-refractivity contribution in [3.8, 4) is 0 Å². The van der Waals surface area contributed by atoms with Crippen LogP contribution in [0.5, 0.6) is 0 Å². The summed E-state index contributed by atoms with van der Waals surface area (Å²) >= 11 is 0. The van der Waals surface area contributed by atoms with Crippen molar-refractivity contribution in [2.45, 2.75) is 12.2 Å². The first-order valence-corrected chi connectivity index (χ1v) is 10.3. The lowest BCUT2D eigenvalue weighted by atomic mass is 9.79. The highest BCUT2D eigenvalue weighted by molar-refractivity contribution is 5.61. The Morgan fingerprint density at radius 3 is 1.47 bits per heavy atom. The molecule has 4 rings (SSSR count). The Balaban J connectivity index is 1.89. The van der Waals surface area contributed by atoms with Crippen molar-refractivity contribution in [1.82, 2.24) is 0 Å². The summed E-state index contributed by atoms with van der Waals surface area (Å²) in [4.78, 5) is 6.38. The van der Waals surface area contributed by atoms with Gasteiger partial charge in [-0.25, -0.2) is 0 Å². The first-order valence-electron chi connectivity index (χ1n) is 10.3. The quantitative estimate of drug-likeness (QED) is 0.616. The smallest absolute Gasteiger partial charge is 0.144 e. The second kappa shape index (κ2) is 7.69. The molecule has 0 saturated carbocycles. The Morgan fingerprint density at radius 2 is 1.03 bits per heavy atom. The van der Waals surface area contributed by atoms with Crippen LogP contribution in [0.25, 0.3) is 0 Å². The molecular weight excluding hydrogens is 370 g/mol. The lowest BCUT2D eigenvalue weighted by Crippen LogP contribution is -2.29. The van der Waals surface area contributed by atoms with E-state index >= 15 is 0 Å². The minimum Gasteiger partial charge on any atom is -0.378 e. The predicted molar refractivity (Wildman–Crippen MR) is 127 cm³/mol. The molecule has 0 fully saturated rings. The van der Waals surface area contributed by atoms with Gasteiger partial charge in [-0.15, -0.1) is 0 Å². The first-order chi connectivity index (χ1) is 14.3. The number of hydrogen-bond donors (Lipinski definition) is 0. The molecule has 1 heterocycles. The summed E-state index contributed by atoms with van der Waals surface area (Å²) in [5.74, 6) is 0. The molecular formula is C26H31N3O. The number of anilines is 3. The monoisotopic (exact) mass is 401 g/mol. The van der Waals surface area contributed by atoms with Gasteiger partial charge in [0.1, 0.15) is 5.60 Å². The number of benzene rings is 3. The molecule has 0 aromatic heterocycles. The Labute approximate surface area is 180 Å². The normalized spacial score (nSPS) is 14.3. The van der Waals surface area contributed by atoms with Crippen LogP contribution in [0.1, 0.15) is 22.3 Å². The SMILES string of the molecule is CN(C)c1ccc(C2(c3ccc(N(C)C)cc3)OCc3cc(N(C)C)ccc32)cc1. The van der Waals surface area contributed by atoms with Crippen molar-refractivity contribution < 1.29 is 4.74 Å². The lowest BCUT2D eigenvalue weighted by Gasteiger charge is -2.32. The van der Waals surface area contributed by atoms with Gasteiger partial charge in [-0.1, -0.05) is 30.3 Å². The maximum atomic E-state index is 6.67. The first kappa shape index (κ1) is 20.3. The van der Waals surface area contributed by atoms with Crippen molar-refractivity contribution in [2.75, 3.05) is 57.0 Å². The van der Waals surface area contributed by atoms with E-state index in [9.17, 15) is 0 Å². The molecule has 3 aromatic rings. The van der Waals surface area contributed by atoms with Crippen LogP contribution < -0.4 is 14.7 Å². The van der Waals surface area contributed by atoms with Crippen molar-refractivity contribution in [3.63, 3.8) is 0 Å². The van der Waals surface area contributed by atoms with Gasteiger partial charge in [-0.3, -0.25) is 0 Å². The molecule has 1 aliphatic rings. The van der Waals surface area contributed by atoms with Crippen LogP contribution in [0.4, 0.5) is 17.1 Å². The second-order valence-corrected chi connectivity index (χ2v) is 8.59. The summed E-state index contributed by atoms with van der Waals surface area (Å²) in [6, 6.07) is 24.1. The van der Waals surface area contributed by atoms with Crippen LogP contribution in [0.2, 0.25) is 0 Å². The topological polar surface area (TPSA) is 19.0 Å². The average molecular weight is 402 g/mol. The van der Waals surface area contributed by atoms with Crippen LogP contribution >= 0.6 is 0 Å². The molecule has 0 aliphatic carbocycles. The van der Waals surface area contributed by atoms with Crippen molar-refractivity contribution in [2.24, 2.45) is 0 Å². The van der Waals surface area contributed by atoms with E-state index in [-0.39, 0.29) is 0 Å². The van der Waals surface area contributed by atoms with E-state index in [0.717, 1.165) is 11.1 Å². The molecule has 0 spiro atoms. The van der Waals surface area contributed by atoms with Crippen LogP contribution in [-0.4, -0.2) is 42.3 Å². The van der Waals surface area contributed by atoms with E-state index in [2.05, 4.69) is 124 Å². The predicted octanol–water partition coefficient (Wildman–Crippen LogP) is 4.71.